The largest absolute Gasteiger partial charge is 0.371 e. The van der Waals surface area contributed by atoms with E-state index in [4.69, 9.17) is 0 Å². The maximum atomic E-state index is 12.7. The molecule has 1 saturated carbocycles. The molecule has 1 aliphatic heterocycles. The highest BCUT2D eigenvalue weighted by Gasteiger charge is 2.59. The Kier molecular flexibility index (Phi) is 2.84. The van der Waals surface area contributed by atoms with Crippen molar-refractivity contribution in [3.8, 4) is 0 Å². The van der Waals surface area contributed by atoms with Gasteiger partial charge in [-0.3, -0.25) is 0 Å². The van der Waals surface area contributed by atoms with Gasteiger partial charge < -0.3 is 4.90 Å². The highest BCUT2D eigenvalue weighted by Crippen LogP contribution is 2.60. The fourth-order valence-corrected chi connectivity index (χ4v) is 3.88. The first-order valence-electron chi connectivity index (χ1n) is 7.01. The molecule has 0 aromatic heterocycles. The third-order valence-electron chi connectivity index (χ3n) is 4.68. The second kappa shape index (κ2) is 4.19. The normalized spacial score (nSPS) is 29.8. The molecule has 1 aromatic carbocycles. The van der Waals surface area contributed by atoms with Crippen LogP contribution in [0.1, 0.15) is 32.8 Å². The van der Waals surface area contributed by atoms with Crippen LogP contribution in [0, 0.1) is 23.2 Å². The Labute approximate surface area is 113 Å². The van der Waals surface area contributed by atoms with Crippen molar-refractivity contribution in [2.75, 3.05) is 18.0 Å². The predicted octanol–water partition coefficient (Wildman–Crippen LogP) is 4.35. The molecule has 2 unspecified atom stereocenters. The lowest BCUT2D eigenvalue weighted by Crippen LogP contribution is -2.27. The van der Waals surface area contributed by atoms with E-state index in [1.165, 1.54) is 6.07 Å². The zero-order valence-electron chi connectivity index (χ0n) is 11.7. The summed E-state index contributed by atoms with van der Waals surface area (Å²) in [7, 11) is 0. The van der Waals surface area contributed by atoms with Gasteiger partial charge in [0, 0.05) is 24.3 Å². The van der Waals surface area contributed by atoms with E-state index in [2.05, 4.69) is 25.7 Å². The van der Waals surface area contributed by atoms with Gasteiger partial charge in [-0.05, 0) is 35.3 Å². The van der Waals surface area contributed by atoms with Crippen molar-refractivity contribution < 1.29 is 8.78 Å². The SMILES string of the molecule is CC(C)(C)C1C2CN(c3cccc(C(F)F)c3)CC21. The summed E-state index contributed by atoms with van der Waals surface area (Å²) in [5.74, 6) is 2.33. The molecule has 1 heterocycles. The second-order valence-electron chi connectivity index (χ2n) is 7.02. The van der Waals surface area contributed by atoms with Crippen LogP contribution < -0.4 is 4.90 Å². The van der Waals surface area contributed by atoms with Crippen molar-refractivity contribution in [2.45, 2.75) is 27.2 Å². The topological polar surface area (TPSA) is 3.24 Å². The van der Waals surface area contributed by atoms with E-state index in [9.17, 15) is 8.78 Å². The zero-order chi connectivity index (χ0) is 13.8. The Morgan fingerprint density at radius 3 is 2.32 bits per heavy atom. The summed E-state index contributed by atoms with van der Waals surface area (Å²) in [6, 6.07) is 6.83. The van der Waals surface area contributed by atoms with Gasteiger partial charge in [-0.1, -0.05) is 32.9 Å². The Balaban J connectivity index is 1.70. The molecule has 1 aromatic rings. The molecule has 0 N–H and O–H groups in total. The van der Waals surface area contributed by atoms with E-state index in [0.29, 0.717) is 5.41 Å². The smallest absolute Gasteiger partial charge is 0.263 e. The number of hydrogen-bond donors (Lipinski definition) is 0. The number of halogens is 2. The van der Waals surface area contributed by atoms with E-state index in [1.54, 1.807) is 12.1 Å². The molecule has 19 heavy (non-hydrogen) atoms. The average Bonchev–Trinajstić information content (AvgIpc) is 2.87. The molecule has 0 radical (unpaired) electrons. The monoisotopic (exact) mass is 265 g/mol. The number of benzene rings is 1. The third kappa shape index (κ3) is 2.24. The molecule has 2 fully saturated rings. The molecular weight excluding hydrogens is 244 g/mol. The molecule has 2 atom stereocenters. The maximum absolute atomic E-state index is 12.7. The van der Waals surface area contributed by atoms with E-state index in [1.807, 2.05) is 6.07 Å². The minimum atomic E-state index is -2.38. The predicted molar refractivity (Wildman–Crippen MR) is 73.5 cm³/mol. The lowest BCUT2D eigenvalue weighted by molar-refractivity contribution is 0.151. The Bertz CT molecular complexity index is 466. The molecule has 0 amide bonds. The molecule has 3 heteroatoms. The minimum absolute atomic E-state index is 0.130. The Hall–Kier alpha value is -1.12. The van der Waals surface area contributed by atoms with Gasteiger partial charge in [-0.25, -0.2) is 8.78 Å². The van der Waals surface area contributed by atoms with Gasteiger partial charge in [0.25, 0.3) is 6.43 Å². The van der Waals surface area contributed by atoms with Gasteiger partial charge in [0.05, 0.1) is 0 Å². The molecule has 1 aliphatic carbocycles. The standard InChI is InChI=1S/C16H21F2N/c1-16(2,3)14-12-8-19(9-13(12)14)11-6-4-5-10(7-11)15(17)18/h4-7,12-15H,8-9H2,1-3H3. The zero-order valence-corrected chi connectivity index (χ0v) is 11.7. The maximum Gasteiger partial charge on any atom is 0.263 e. The molecule has 3 rings (SSSR count). The average molecular weight is 265 g/mol. The first kappa shape index (κ1) is 12.9. The molecule has 2 aliphatic rings. The van der Waals surface area contributed by atoms with Crippen molar-refractivity contribution in [3.05, 3.63) is 29.8 Å². The lowest BCUT2D eigenvalue weighted by Gasteiger charge is -2.27. The summed E-state index contributed by atoms with van der Waals surface area (Å²) in [6.07, 6.45) is -2.38. The van der Waals surface area contributed by atoms with Crippen LogP contribution >= 0.6 is 0 Å². The number of piperidine rings is 1. The van der Waals surface area contributed by atoms with E-state index < -0.39 is 6.43 Å². The fraction of sp³-hybridized carbons (Fsp3) is 0.625. The second-order valence-corrected chi connectivity index (χ2v) is 7.02. The molecule has 1 nitrogen and oxygen atoms in total. The summed E-state index contributed by atoms with van der Waals surface area (Å²) in [4.78, 5) is 2.27. The van der Waals surface area contributed by atoms with Crippen molar-refractivity contribution in [2.24, 2.45) is 23.2 Å². The summed E-state index contributed by atoms with van der Waals surface area (Å²) >= 11 is 0. The quantitative estimate of drug-likeness (QED) is 0.768. The molecule has 0 bridgehead atoms. The van der Waals surface area contributed by atoms with Crippen molar-refractivity contribution in [3.63, 3.8) is 0 Å². The molecule has 104 valence electrons. The van der Waals surface area contributed by atoms with Crippen LogP contribution in [0.4, 0.5) is 14.5 Å². The van der Waals surface area contributed by atoms with Crippen molar-refractivity contribution in [1.29, 1.82) is 0 Å². The summed E-state index contributed by atoms with van der Waals surface area (Å²) in [6.45, 7) is 8.96. The number of hydrogen-bond acceptors (Lipinski definition) is 1. The van der Waals surface area contributed by atoms with Crippen LogP contribution in [-0.4, -0.2) is 13.1 Å². The van der Waals surface area contributed by atoms with Crippen LogP contribution in [-0.2, 0) is 0 Å². The van der Waals surface area contributed by atoms with Gasteiger partial charge in [-0.15, -0.1) is 0 Å². The van der Waals surface area contributed by atoms with Crippen LogP contribution in [0.15, 0.2) is 24.3 Å². The summed E-state index contributed by atoms with van der Waals surface area (Å²) < 4.78 is 25.4. The number of fused-ring (bicyclic) bond motifs is 1. The highest BCUT2D eigenvalue weighted by atomic mass is 19.3. The van der Waals surface area contributed by atoms with E-state index in [-0.39, 0.29) is 5.56 Å². The van der Waals surface area contributed by atoms with Crippen LogP contribution in [0.3, 0.4) is 0 Å². The third-order valence-corrected chi connectivity index (χ3v) is 4.68. The Morgan fingerprint density at radius 1 is 1.16 bits per heavy atom. The van der Waals surface area contributed by atoms with Crippen molar-refractivity contribution >= 4 is 5.69 Å². The van der Waals surface area contributed by atoms with Gasteiger partial charge in [-0.2, -0.15) is 0 Å². The minimum Gasteiger partial charge on any atom is -0.371 e. The van der Waals surface area contributed by atoms with Crippen LogP contribution in [0.5, 0.6) is 0 Å². The Morgan fingerprint density at radius 2 is 1.79 bits per heavy atom. The first-order valence-corrected chi connectivity index (χ1v) is 7.01. The molecule has 0 spiro atoms. The lowest BCUT2D eigenvalue weighted by atomic mass is 9.87. The van der Waals surface area contributed by atoms with E-state index >= 15 is 0 Å². The van der Waals surface area contributed by atoms with Crippen LogP contribution in [0.25, 0.3) is 0 Å². The molecular formula is C16H21F2N. The number of rotatable bonds is 2. The summed E-state index contributed by atoms with van der Waals surface area (Å²) in [5, 5.41) is 0. The number of anilines is 1. The van der Waals surface area contributed by atoms with Gasteiger partial charge in [0.1, 0.15) is 0 Å². The number of nitrogens with zero attached hydrogens (tertiary/aromatic N) is 1. The van der Waals surface area contributed by atoms with Crippen LogP contribution in [0.2, 0.25) is 0 Å². The molecule has 1 saturated heterocycles. The van der Waals surface area contributed by atoms with Gasteiger partial charge in [0.15, 0.2) is 0 Å². The number of alkyl halides is 2. The van der Waals surface area contributed by atoms with Gasteiger partial charge in [0.2, 0.25) is 0 Å². The fourth-order valence-electron chi connectivity index (χ4n) is 3.88. The highest BCUT2D eigenvalue weighted by molar-refractivity contribution is 5.51. The van der Waals surface area contributed by atoms with Gasteiger partial charge >= 0.3 is 0 Å². The summed E-state index contributed by atoms with van der Waals surface area (Å²) in [5.41, 5.74) is 1.47. The van der Waals surface area contributed by atoms with Crippen molar-refractivity contribution in [1.82, 2.24) is 0 Å². The van der Waals surface area contributed by atoms with E-state index in [0.717, 1.165) is 36.5 Å². The first-order chi connectivity index (χ1) is 8.88.